The number of nitrogens with two attached hydrogens (primary N) is 1. The van der Waals surface area contributed by atoms with Crippen molar-refractivity contribution in [1.29, 1.82) is 0 Å². The quantitative estimate of drug-likeness (QED) is 0.797. The minimum Gasteiger partial charge on any atom is -0.444 e. The molecule has 1 saturated heterocycles. The molecular weight excluding hydrogens is 302 g/mol. The van der Waals surface area contributed by atoms with Gasteiger partial charge in [-0.25, -0.2) is 4.79 Å². The van der Waals surface area contributed by atoms with Crippen LogP contribution in [0.25, 0.3) is 0 Å². The molecule has 5 heteroatoms. The standard InChI is InChI=1S/C19H31N3O2/c1-18(2,3)15-13-14(20)7-8-16(15)21-9-11-22(12-10-21)17(23)24-19(4,5)6/h7-8,13H,9-12,20H2,1-6H3. The summed E-state index contributed by atoms with van der Waals surface area (Å²) in [5.74, 6) is 0. The highest BCUT2D eigenvalue weighted by atomic mass is 16.6. The Morgan fingerprint density at radius 2 is 1.62 bits per heavy atom. The van der Waals surface area contributed by atoms with Crippen molar-refractivity contribution in [3.05, 3.63) is 23.8 Å². The molecule has 0 radical (unpaired) electrons. The molecule has 0 aromatic heterocycles. The van der Waals surface area contributed by atoms with Gasteiger partial charge in [-0.1, -0.05) is 20.8 Å². The van der Waals surface area contributed by atoms with Gasteiger partial charge in [-0.05, 0) is 49.9 Å². The number of amides is 1. The lowest BCUT2D eigenvalue weighted by molar-refractivity contribution is 0.0240. The number of rotatable bonds is 1. The molecule has 134 valence electrons. The second kappa shape index (κ2) is 6.54. The van der Waals surface area contributed by atoms with Gasteiger partial charge in [0, 0.05) is 37.6 Å². The molecule has 24 heavy (non-hydrogen) atoms. The fraction of sp³-hybridized carbons (Fsp3) is 0.632. The predicted molar refractivity (Wildman–Crippen MR) is 99.6 cm³/mol. The summed E-state index contributed by atoms with van der Waals surface area (Å²) >= 11 is 0. The van der Waals surface area contributed by atoms with E-state index < -0.39 is 5.60 Å². The van der Waals surface area contributed by atoms with E-state index >= 15 is 0 Å². The Balaban J connectivity index is 2.09. The van der Waals surface area contributed by atoms with E-state index in [0.29, 0.717) is 13.1 Å². The first-order valence-electron chi connectivity index (χ1n) is 8.60. The molecule has 0 unspecified atom stereocenters. The second-order valence-corrected chi connectivity index (χ2v) is 8.48. The number of benzene rings is 1. The third kappa shape index (κ3) is 4.56. The lowest BCUT2D eigenvalue weighted by Crippen LogP contribution is -2.50. The summed E-state index contributed by atoms with van der Waals surface area (Å²) in [5, 5.41) is 0. The van der Waals surface area contributed by atoms with E-state index in [2.05, 4.69) is 37.8 Å². The van der Waals surface area contributed by atoms with E-state index in [1.54, 1.807) is 4.90 Å². The summed E-state index contributed by atoms with van der Waals surface area (Å²) in [6.45, 7) is 15.2. The molecule has 0 saturated carbocycles. The molecule has 1 aliphatic heterocycles. The third-order valence-electron chi connectivity index (χ3n) is 4.10. The molecule has 2 N–H and O–H groups in total. The molecule has 1 heterocycles. The van der Waals surface area contributed by atoms with E-state index in [1.165, 1.54) is 11.3 Å². The second-order valence-electron chi connectivity index (χ2n) is 8.48. The number of hydrogen-bond donors (Lipinski definition) is 1. The van der Waals surface area contributed by atoms with Gasteiger partial charge in [0.05, 0.1) is 0 Å². The highest BCUT2D eigenvalue weighted by Crippen LogP contribution is 2.34. The van der Waals surface area contributed by atoms with Crippen LogP contribution in [0.2, 0.25) is 0 Å². The molecule has 2 rings (SSSR count). The van der Waals surface area contributed by atoms with Crippen LogP contribution in [0, 0.1) is 0 Å². The van der Waals surface area contributed by atoms with Crippen molar-refractivity contribution in [3.8, 4) is 0 Å². The number of piperazine rings is 1. The van der Waals surface area contributed by atoms with Crippen LogP contribution >= 0.6 is 0 Å². The average molecular weight is 333 g/mol. The molecule has 1 fully saturated rings. The van der Waals surface area contributed by atoms with E-state index in [4.69, 9.17) is 10.5 Å². The number of carbonyl (C=O) groups excluding carboxylic acids is 1. The van der Waals surface area contributed by atoms with Crippen molar-refractivity contribution >= 4 is 17.5 Å². The van der Waals surface area contributed by atoms with Crippen LogP contribution in [0.15, 0.2) is 18.2 Å². The predicted octanol–water partition coefficient (Wildman–Crippen LogP) is 3.62. The minimum atomic E-state index is -0.454. The maximum atomic E-state index is 12.2. The summed E-state index contributed by atoms with van der Waals surface area (Å²) in [6, 6.07) is 6.11. The normalized spacial score (nSPS) is 16.2. The number of carbonyl (C=O) groups is 1. The maximum Gasteiger partial charge on any atom is 0.410 e. The zero-order chi connectivity index (χ0) is 18.1. The zero-order valence-corrected chi connectivity index (χ0v) is 15.8. The third-order valence-corrected chi connectivity index (χ3v) is 4.10. The maximum absolute atomic E-state index is 12.2. The Morgan fingerprint density at radius 1 is 1.04 bits per heavy atom. The van der Waals surface area contributed by atoms with Crippen molar-refractivity contribution in [2.24, 2.45) is 0 Å². The van der Waals surface area contributed by atoms with Gasteiger partial charge in [0.25, 0.3) is 0 Å². The van der Waals surface area contributed by atoms with Gasteiger partial charge in [0.2, 0.25) is 0 Å². The molecule has 0 atom stereocenters. The molecule has 1 aliphatic rings. The van der Waals surface area contributed by atoms with Crippen LogP contribution in [0.5, 0.6) is 0 Å². The van der Waals surface area contributed by atoms with Gasteiger partial charge < -0.3 is 20.3 Å². The van der Waals surface area contributed by atoms with E-state index in [9.17, 15) is 4.79 Å². The number of anilines is 2. The van der Waals surface area contributed by atoms with Crippen LogP contribution in [0.3, 0.4) is 0 Å². The first kappa shape index (κ1) is 18.4. The fourth-order valence-corrected chi connectivity index (χ4v) is 2.89. The fourth-order valence-electron chi connectivity index (χ4n) is 2.89. The van der Waals surface area contributed by atoms with Crippen LogP contribution in [-0.4, -0.2) is 42.8 Å². The summed E-state index contributed by atoms with van der Waals surface area (Å²) < 4.78 is 5.46. The SMILES string of the molecule is CC(C)(C)OC(=O)N1CCN(c2ccc(N)cc2C(C)(C)C)CC1. The van der Waals surface area contributed by atoms with E-state index in [-0.39, 0.29) is 11.5 Å². The Morgan fingerprint density at radius 3 is 2.12 bits per heavy atom. The summed E-state index contributed by atoms with van der Waals surface area (Å²) in [6.07, 6.45) is -0.226. The van der Waals surface area contributed by atoms with E-state index in [0.717, 1.165) is 18.8 Å². The van der Waals surface area contributed by atoms with Gasteiger partial charge in [-0.15, -0.1) is 0 Å². The largest absolute Gasteiger partial charge is 0.444 e. The average Bonchev–Trinajstić information content (AvgIpc) is 2.44. The Bertz CT molecular complexity index is 592. The smallest absolute Gasteiger partial charge is 0.410 e. The lowest BCUT2D eigenvalue weighted by Gasteiger charge is -2.39. The van der Waals surface area contributed by atoms with Crippen molar-refractivity contribution in [3.63, 3.8) is 0 Å². The van der Waals surface area contributed by atoms with Gasteiger partial charge in [0.1, 0.15) is 5.60 Å². The molecular formula is C19H31N3O2. The van der Waals surface area contributed by atoms with Crippen LogP contribution in [-0.2, 0) is 10.2 Å². The van der Waals surface area contributed by atoms with Crippen molar-refractivity contribution in [2.75, 3.05) is 36.8 Å². The van der Waals surface area contributed by atoms with Crippen LogP contribution in [0.4, 0.5) is 16.2 Å². The molecule has 5 nitrogen and oxygen atoms in total. The molecule has 1 aromatic rings. The summed E-state index contributed by atoms with van der Waals surface area (Å²) in [4.78, 5) is 16.3. The van der Waals surface area contributed by atoms with Crippen LogP contribution in [0.1, 0.15) is 47.1 Å². The van der Waals surface area contributed by atoms with Gasteiger partial charge in [-0.3, -0.25) is 0 Å². The lowest BCUT2D eigenvalue weighted by atomic mass is 9.85. The first-order chi connectivity index (χ1) is 11.0. The Labute approximate surface area is 145 Å². The highest BCUT2D eigenvalue weighted by Gasteiger charge is 2.28. The number of ether oxygens (including phenoxy) is 1. The number of nitrogen functional groups attached to an aromatic ring is 1. The first-order valence-corrected chi connectivity index (χ1v) is 8.60. The summed E-state index contributed by atoms with van der Waals surface area (Å²) in [7, 11) is 0. The Hall–Kier alpha value is -1.91. The molecule has 0 spiro atoms. The van der Waals surface area contributed by atoms with Crippen LogP contribution < -0.4 is 10.6 Å². The molecule has 1 amide bonds. The molecule has 0 aliphatic carbocycles. The highest BCUT2D eigenvalue weighted by molar-refractivity contribution is 5.69. The van der Waals surface area contributed by atoms with E-state index in [1.807, 2.05) is 26.8 Å². The van der Waals surface area contributed by atoms with Gasteiger partial charge in [-0.2, -0.15) is 0 Å². The number of nitrogens with zero attached hydrogens (tertiary/aromatic N) is 2. The van der Waals surface area contributed by atoms with Crippen molar-refractivity contribution < 1.29 is 9.53 Å². The van der Waals surface area contributed by atoms with Gasteiger partial charge in [0.15, 0.2) is 0 Å². The van der Waals surface area contributed by atoms with Crippen molar-refractivity contribution in [1.82, 2.24) is 4.90 Å². The molecule has 0 bridgehead atoms. The summed E-state index contributed by atoms with van der Waals surface area (Å²) in [5.41, 5.74) is 8.79. The van der Waals surface area contributed by atoms with Crippen molar-refractivity contribution in [2.45, 2.75) is 52.6 Å². The topological polar surface area (TPSA) is 58.8 Å². The van der Waals surface area contributed by atoms with Gasteiger partial charge >= 0.3 is 6.09 Å². The zero-order valence-electron chi connectivity index (χ0n) is 15.8. The Kier molecular flexibility index (Phi) is 5.02. The molecule has 1 aromatic carbocycles. The minimum absolute atomic E-state index is 0.0208. The number of hydrogen-bond acceptors (Lipinski definition) is 4. The monoisotopic (exact) mass is 333 g/mol.